The number of benzene rings is 2. The van der Waals surface area contributed by atoms with Crippen molar-refractivity contribution >= 4 is 21.1 Å². The number of aromatic nitrogens is 2. The Morgan fingerprint density at radius 1 is 1.21 bits per heavy atom. The zero-order chi connectivity index (χ0) is 17.3. The van der Waals surface area contributed by atoms with Crippen molar-refractivity contribution in [1.82, 2.24) is 14.3 Å². The molecule has 0 bridgehead atoms. The average molecular weight is 347 g/mol. The Balaban J connectivity index is 1.77. The first-order valence-electron chi connectivity index (χ1n) is 7.54. The van der Waals surface area contributed by atoms with Gasteiger partial charge in [-0.15, -0.1) is 0 Å². The number of sulfonamides is 1. The van der Waals surface area contributed by atoms with Crippen LogP contribution in [0.25, 0.3) is 11.0 Å². The maximum Gasteiger partial charge on any atom is 0.240 e. The van der Waals surface area contributed by atoms with Crippen LogP contribution < -0.4 is 4.72 Å². The Bertz CT molecular complexity index is 996. The minimum Gasteiger partial charge on any atom is -0.331 e. The molecule has 7 heteroatoms. The second-order valence-electron chi connectivity index (χ2n) is 5.61. The number of fused-ring (bicyclic) bond motifs is 1. The molecule has 3 rings (SSSR count). The highest BCUT2D eigenvalue weighted by atomic mass is 32.2. The molecular formula is C17H18FN3O2S. The quantitative estimate of drug-likeness (QED) is 0.771. The predicted octanol–water partition coefficient (Wildman–Crippen LogP) is 2.54. The van der Waals surface area contributed by atoms with E-state index in [2.05, 4.69) is 9.71 Å². The lowest BCUT2D eigenvalue weighted by molar-refractivity contribution is 0.577. The Labute approximate surface area is 140 Å². The van der Waals surface area contributed by atoms with E-state index in [-0.39, 0.29) is 23.7 Å². The van der Waals surface area contributed by atoms with Crippen LogP contribution in [-0.4, -0.2) is 24.5 Å². The summed E-state index contributed by atoms with van der Waals surface area (Å²) in [5.41, 5.74) is 1.99. The summed E-state index contributed by atoms with van der Waals surface area (Å²) in [4.78, 5) is 4.50. The summed E-state index contributed by atoms with van der Waals surface area (Å²) in [6.07, 6.45) is 0.289. The van der Waals surface area contributed by atoms with Crippen molar-refractivity contribution in [3.05, 3.63) is 59.7 Å². The van der Waals surface area contributed by atoms with Crippen LogP contribution in [0.5, 0.6) is 0 Å². The summed E-state index contributed by atoms with van der Waals surface area (Å²) >= 11 is 0. The summed E-state index contributed by atoms with van der Waals surface area (Å²) < 4.78 is 42.8. The van der Waals surface area contributed by atoms with E-state index >= 15 is 0 Å². The summed E-state index contributed by atoms with van der Waals surface area (Å²) in [6, 6.07) is 11.2. The van der Waals surface area contributed by atoms with Crippen LogP contribution in [0.3, 0.4) is 0 Å². The number of aryl methyl sites for hydroxylation is 2. The predicted molar refractivity (Wildman–Crippen MR) is 90.7 cm³/mol. The third kappa shape index (κ3) is 3.18. The van der Waals surface area contributed by atoms with E-state index in [4.69, 9.17) is 0 Å². The van der Waals surface area contributed by atoms with Crippen molar-refractivity contribution in [1.29, 1.82) is 0 Å². The molecule has 0 amide bonds. The molecule has 0 aliphatic heterocycles. The van der Waals surface area contributed by atoms with Gasteiger partial charge in [-0.05, 0) is 43.2 Å². The van der Waals surface area contributed by atoms with Gasteiger partial charge < -0.3 is 4.57 Å². The number of hydrogen-bond acceptors (Lipinski definition) is 3. The maximum atomic E-state index is 13.6. The molecule has 0 fully saturated rings. The Morgan fingerprint density at radius 3 is 2.71 bits per heavy atom. The first-order chi connectivity index (χ1) is 11.4. The molecule has 0 atom stereocenters. The lowest BCUT2D eigenvalue weighted by atomic mass is 10.1. The summed E-state index contributed by atoms with van der Waals surface area (Å²) in [5, 5.41) is 0. The van der Waals surface area contributed by atoms with Crippen molar-refractivity contribution in [3.63, 3.8) is 0 Å². The van der Waals surface area contributed by atoms with Gasteiger partial charge in [0.25, 0.3) is 0 Å². The molecular weight excluding hydrogens is 329 g/mol. The van der Waals surface area contributed by atoms with Crippen LogP contribution in [0.4, 0.5) is 4.39 Å². The molecule has 0 saturated carbocycles. The number of rotatable bonds is 5. The maximum absolute atomic E-state index is 13.6. The first-order valence-corrected chi connectivity index (χ1v) is 9.03. The summed E-state index contributed by atoms with van der Waals surface area (Å²) in [6.45, 7) is 1.99. The van der Waals surface area contributed by atoms with Gasteiger partial charge in [0, 0.05) is 13.6 Å². The Morgan fingerprint density at radius 2 is 1.96 bits per heavy atom. The van der Waals surface area contributed by atoms with Crippen LogP contribution >= 0.6 is 0 Å². The SMILES string of the molecule is Cc1nc2cc(S(=O)(=O)NCCc3ccccc3F)ccc2n1C. The molecule has 0 aliphatic rings. The molecule has 2 aromatic carbocycles. The number of nitrogens with one attached hydrogen (secondary N) is 1. The largest absolute Gasteiger partial charge is 0.331 e. The van der Waals surface area contributed by atoms with E-state index in [1.54, 1.807) is 36.4 Å². The van der Waals surface area contributed by atoms with Gasteiger partial charge in [0.05, 0.1) is 15.9 Å². The van der Waals surface area contributed by atoms with Crippen LogP contribution in [0.15, 0.2) is 47.4 Å². The molecule has 0 unspecified atom stereocenters. The van der Waals surface area contributed by atoms with Crippen molar-refractivity contribution in [3.8, 4) is 0 Å². The topological polar surface area (TPSA) is 64.0 Å². The third-order valence-corrected chi connectivity index (χ3v) is 5.49. The fraction of sp³-hybridized carbons (Fsp3) is 0.235. The molecule has 0 spiro atoms. The van der Waals surface area contributed by atoms with Gasteiger partial charge in [-0.2, -0.15) is 0 Å². The first kappa shape index (κ1) is 16.6. The van der Waals surface area contributed by atoms with E-state index in [1.807, 2.05) is 18.5 Å². The fourth-order valence-electron chi connectivity index (χ4n) is 2.57. The van der Waals surface area contributed by atoms with Gasteiger partial charge in [-0.25, -0.2) is 22.5 Å². The smallest absolute Gasteiger partial charge is 0.240 e. The van der Waals surface area contributed by atoms with Crippen LogP contribution in [-0.2, 0) is 23.5 Å². The van der Waals surface area contributed by atoms with Gasteiger partial charge in [0.1, 0.15) is 11.6 Å². The summed E-state index contributed by atoms with van der Waals surface area (Å²) in [7, 11) is -1.78. The lowest BCUT2D eigenvalue weighted by Gasteiger charge is -2.07. The minimum atomic E-state index is -3.66. The minimum absolute atomic E-state index is 0.128. The monoisotopic (exact) mass is 347 g/mol. The van der Waals surface area contributed by atoms with Crippen LogP contribution in [0, 0.1) is 12.7 Å². The molecule has 0 radical (unpaired) electrons. The Kier molecular flexibility index (Phi) is 4.38. The van der Waals surface area contributed by atoms with E-state index in [9.17, 15) is 12.8 Å². The second-order valence-corrected chi connectivity index (χ2v) is 7.37. The van der Waals surface area contributed by atoms with E-state index in [0.29, 0.717) is 11.1 Å². The molecule has 5 nitrogen and oxygen atoms in total. The number of nitrogens with zero attached hydrogens (tertiary/aromatic N) is 2. The van der Waals surface area contributed by atoms with E-state index in [1.165, 1.54) is 6.07 Å². The van der Waals surface area contributed by atoms with Gasteiger partial charge in [0.2, 0.25) is 10.0 Å². The van der Waals surface area contributed by atoms with Crippen molar-refractivity contribution < 1.29 is 12.8 Å². The molecule has 3 aromatic rings. The molecule has 0 saturated heterocycles. The van der Waals surface area contributed by atoms with Gasteiger partial charge >= 0.3 is 0 Å². The van der Waals surface area contributed by atoms with Crippen LogP contribution in [0.1, 0.15) is 11.4 Å². The van der Waals surface area contributed by atoms with Gasteiger partial charge in [-0.3, -0.25) is 0 Å². The average Bonchev–Trinajstić information content (AvgIpc) is 2.83. The third-order valence-electron chi connectivity index (χ3n) is 4.03. The van der Waals surface area contributed by atoms with Gasteiger partial charge in [0.15, 0.2) is 0 Å². The Hall–Kier alpha value is -2.25. The molecule has 126 valence electrons. The highest BCUT2D eigenvalue weighted by molar-refractivity contribution is 7.89. The number of imidazole rings is 1. The number of hydrogen-bond donors (Lipinski definition) is 1. The second kappa shape index (κ2) is 6.33. The van der Waals surface area contributed by atoms with Crippen molar-refractivity contribution in [2.45, 2.75) is 18.2 Å². The zero-order valence-corrected chi connectivity index (χ0v) is 14.3. The van der Waals surface area contributed by atoms with E-state index in [0.717, 1.165) is 11.3 Å². The molecule has 1 heterocycles. The molecule has 0 aliphatic carbocycles. The highest BCUT2D eigenvalue weighted by Gasteiger charge is 2.16. The molecule has 1 N–H and O–H groups in total. The molecule has 24 heavy (non-hydrogen) atoms. The van der Waals surface area contributed by atoms with Crippen LogP contribution in [0.2, 0.25) is 0 Å². The zero-order valence-electron chi connectivity index (χ0n) is 13.5. The number of halogens is 1. The van der Waals surface area contributed by atoms with E-state index < -0.39 is 10.0 Å². The highest BCUT2D eigenvalue weighted by Crippen LogP contribution is 2.19. The standard InChI is InChI=1S/C17H18FN3O2S/c1-12-20-16-11-14(7-8-17(16)21(12)2)24(22,23)19-10-9-13-5-3-4-6-15(13)18/h3-8,11,19H,9-10H2,1-2H3. The van der Waals surface area contributed by atoms with Gasteiger partial charge in [-0.1, -0.05) is 18.2 Å². The van der Waals surface area contributed by atoms with Crippen molar-refractivity contribution in [2.75, 3.05) is 6.54 Å². The fourth-order valence-corrected chi connectivity index (χ4v) is 3.62. The summed E-state index contributed by atoms with van der Waals surface area (Å²) in [5.74, 6) is 0.481. The molecule has 1 aromatic heterocycles. The normalized spacial score (nSPS) is 12.0. The van der Waals surface area contributed by atoms with Crippen molar-refractivity contribution in [2.24, 2.45) is 7.05 Å². The lowest BCUT2D eigenvalue weighted by Crippen LogP contribution is -2.26.